The average Bonchev–Trinajstić information content (AvgIpc) is 2.26. The summed E-state index contributed by atoms with van der Waals surface area (Å²) in [6.45, 7) is 6.42. The van der Waals surface area contributed by atoms with E-state index in [0.717, 1.165) is 24.4 Å². The molecule has 3 N–H and O–H groups in total. The first-order valence-electron chi connectivity index (χ1n) is 6.31. The van der Waals surface area contributed by atoms with Crippen molar-refractivity contribution in [1.29, 1.82) is 0 Å². The van der Waals surface area contributed by atoms with Gasteiger partial charge in [0, 0.05) is 18.2 Å². The Hall–Kier alpha value is -1.04. The number of thioether (sulfide) groups is 1. The molecule has 0 fully saturated rings. The molecule has 0 aliphatic carbocycles. The summed E-state index contributed by atoms with van der Waals surface area (Å²) in [5, 5.41) is 3.32. The van der Waals surface area contributed by atoms with Gasteiger partial charge in [-0.25, -0.2) is 0 Å². The largest absolute Gasteiger partial charge is 0.368 e. The number of nitrogen functional groups attached to an aromatic ring is 1. The first kappa shape index (κ1) is 15.0. The molecule has 0 bridgehead atoms. The van der Waals surface area contributed by atoms with Gasteiger partial charge in [-0.1, -0.05) is 20.8 Å². The molecule has 0 aliphatic heterocycles. The Morgan fingerprint density at radius 1 is 1.28 bits per heavy atom. The summed E-state index contributed by atoms with van der Waals surface area (Å²) in [5.41, 5.74) is 5.72. The van der Waals surface area contributed by atoms with Crippen LogP contribution < -0.4 is 11.1 Å². The van der Waals surface area contributed by atoms with Crippen molar-refractivity contribution in [2.75, 3.05) is 23.1 Å². The van der Waals surface area contributed by atoms with Gasteiger partial charge in [-0.15, -0.1) is 0 Å². The lowest BCUT2D eigenvalue weighted by atomic mass is 10.1. The van der Waals surface area contributed by atoms with Gasteiger partial charge in [0.05, 0.1) is 0 Å². The van der Waals surface area contributed by atoms with Gasteiger partial charge in [0.15, 0.2) is 0 Å². The molecule has 1 atom stereocenters. The van der Waals surface area contributed by atoms with Crippen LogP contribution in [0.1, 0.15) is 33.0 Å². The van der Waals surface area contributed by atoms with E-state index >= 15 is 0 Å². The normalized spacial score (nSPS) is 12.7. The molecule has 0 aliphatic rings. The summed E-state index contributed by atoms with van der Waals surface area (Å²) in [6, 6.07) is 0.369. The highest BCUT2D eigenvalue weighted by molar-refractivity contribution is 7.98. The van der Waals surface area contributed by atoms with Gasteiger partial charge in [-0.3, -0.25) is 0 Å². The molecule has 0 saturated heterocycles. The van der Waals surface area contributed by atoms with Crippen molar-refractivity contribution in [2.45, 2.75) is 39.7 Å². The summed E-state index contributed by atoms with van der Waals surface area (Å²) >= 11 is 1.81. The van der Waals surface area contributed by atoms with Crippen molar-refractivity contribution in [1.82, 2.24) is 15.0 Å². The molecule has 1 unspecified atom stereocenters. The van der Waals surface area contributed by atoms with Crippen LogP contribution in [-0.4, -0.2) is 33.0 Å². The molecule has 1 aromatic rings. The average molecular weight is 269 g/mol. The van der Waals surface area contributed by atoms with Gasteiger partial charge >= 0.3 is 0 Å². The zero-order valence-corrected chi connectivity index (χ0v) is 12.4. The molecular weight excluding hydrogens is 246 g/mol. The number of nitrogens with one attached hydrogen (secondary N) is 1. The molecule has 0 spiro atoms. The van der Waals surface area contributed by atoms with E-state index in [1.807, 2.05) is 11.8 Å². The van der Waals surface area contributed by atoms with Crippen molar-refractivity contribution in [2.24, 2.45) is 5.92 Å². The molecule has 0 aromatic carbocycles. The third-order valence-electron chi connectivity index (χ3n) is 2.48. The minimum Gasteiger partial charge on any atom is -0.368 e. The summed E-state index contributed by atoms with van der Waals surface area (Å²) < 4.78 is 0. The van der Waals surface area contributed by atoms with Gasteiger partial charge in [0.1, 0.15) is 5.82 Å². The van der Waals surface area contributed by atoms with Crippen LogP contribution >= 0.6 is 11.8 Å². The Bertz CT molecular complexity index is 369. The molecule has 6 heteroatoms. The molecule has 102 valence electrons. The van der Waals surface area contributed by atoms with Crippen LogP contribution in [0.4, 0.5) is 11.9 Å². The lowest BCUT2D eigenvalue weighted by Crippen LogP contribution is -2.23. The predicted molar refractivity (Wildman–Crippen MR) is 78.9 cm³/mol. The highest BCUT2D eigenvalue weighted by Crippen LogP contribution is 2.11. The molecule has 1 heterocycles. The van der Waals surface area contributed by atoms with Gasteiger partial charge in [0.2, 0.25) is 11.9 Å². The minimum atomic E-state index is 0.294. The second-order valence-corrected chi connectivity index (χ2v) is 5.65. The van der Waals surface area contributed by atoms with E-state index < -0.39 is 0 Å². The quantitative estimate of drug-likeness (QED) is 0.790. The summed E-state index contributed by atoms with van der Waals surface area (Å²) in [5.74, 6) is 3.19. The Morgan fingerprint density at radius 2 is 2.00 bits per heavy atom. The number of hydrogen-bond acceptors (Lipinski definition) is 6. The fraction of sp³-hybridized carbons (Fsp3) is 0.750. The van der Waals surface area contributed by atoms with E-state index in [2.05, 4.69) is 47.3 Å². The van der Waals surface area contributed by atoms with Crippen LogP contribution in [0.5, 0.6) is 0 Å². The van der Waals surface area contributed by atoms with Crippen molar-refractivity contribution >= 4 is 23.7 Å². The third-order valence-corrected chi connectivity index (χ3v) is 3.22. The maximum Gasteiger partial charge on any atom is 0.227 e. The standard InChI is InChI=1S/C12H23N5S/c1-5-9(7-18-4)14-12-16-10(6-8(2)3)15-11(13)17-12/h8-9H,5-7H2,1-4H3,(H3,13,14,15,16,17). The SMILES string of the molecule is CCC(CSC)Nc1nc(N)nc(CC(C)C)n1. The van der Waals surface area contributed by atoms with E-state index in [9.17, 15) is 0 Å². The van der Waals surface area contributed by atoms with Gasteiger partial charge in [-0.05, 0) is 18.6 Å². The fourth-order valence-electron chi connectivity index (χ4n) is 1.60. The first-order chi connectivity index (χ1) is 8.55. The molecule has 0 radical (unpaired) electrons. The maximum atomic E-state index is 5.72. The molecule has 0 saturated carbocycles. The number of nitrogens with zero attached hydrogens (tertiary/aromatic N) is 3. The number of hydrogen-bond donors (Lipinski definition) is 2. The monoisotopic (exact) mass is 269 g/mol. The van der Waals surface area contributed by atoms with E-state index in [4.69, 9.17) is 5.73 Å². The van der Waals surface area contributed by atoms with Crippen LogP contribution in [-0.2, 0) is 6.42 Å². The van der Waals surface area contributed by atoms with E-state index in [1.165, 1.54) is 0 Å². The second kappa shape index (κ2) is 7.41. The third kappa shape index (κ3) is 5.08. The number of aromatic nitrogens is 3. The predicted octanol–water partition coefficient (Wildman–Crippen LogP) is 2.21. The lowest BCUT2D eigenvalue weighted by Gasteiger charge is -2.16. The Balaban J connectivity index is 2.78. The molecule has 0 amide bonds. The highest BCUT2D eigenvalue weighted by Gasteiger charge is 2.10. The second-order valence-electron chi connectivity index (χ2n) is 4.74. The highest BCUT2D eigenvalue weighted by atomic mass is 32.2. The lowest BCUT2D eigenvalue weighted by molar-refractivity contribution is 0.618. The van der Waals surface area contributed by atoms with Gasteiger partial charge < -0.3 is 11.1 Å². The molecular formula is C12H23N5S. The van der Waals surface area contributed by atoms with Crippen LogP contribution in [0.25, 0.3) is 0 Å². The summed E-state index contributed by atoms with van der Waals surface area (Å²) in [4.78, 5) is 12.7. The Morgan fingerprint density at radius 3 is 2.56 bits per heavy atom. The summed E-state index contributed by atoms with van der Waals surface area (Å²) in [6.07, 6.45) is 3.95. The topological polar surface area (TPSA) is 76.7 Å². The zero-order valence-electron chi connectivity index (χ0n) is 11.6. The summed E-state index contributed by atoms with van der Waals surface area (Å²) in [7, 11) is 0. The fourth-order valence-corrected chi connectivity index (χ4v) is 2.33. The molecule has 5 nitrogen and oxygen atoms in total. The van der Waals surface area contributed by atoms with Crippen molar-refractivity contribution in [3.63, 3.8) is 0 Å². The smallest absolute Gasteiger partial charge is 0.227 e. The van der Waals surface area contributed by atoms with Crippen LogP contribution in [0.2, 0.25) is 0 Å². The zero-order chi connectivity index (χ0) is 13.5. The van der Waals surface area contributed by atoms with Crippen molar-refractivity contribution < 1.29 is 0 Å². The minimum absolute atomic E-state index is 0.294. The molecule has 1 aromatic heterocycles. The first-order valence-corrected chi connectivity index (χ1v) is 7.70. The van der Waals surface area contributed by atoms with Gasteiger partial charge in [-0.2, -0.15) is 26.7 Å². The van der Waals surface area contributed by atoms with E-state index in [0.29, 0.717) is 23.9 Å². The Kier molecular flexibility index (Phi) is 6.18. The van der Waals surface area contributed by atoms with Crippen molar-refractivity contribution in [3.05, 3.63) is 5.82 Å². The molecule has 18 heavy (non-hydrogen) atoms. The molecule has 1 rings (SSSR count). The number of rotatable bonds is 7. The van der Waals surface area contributed by atoms with Crippen molar-refractivity contribution in [3.8, 4) is 0 Å². The van der Waals surface area contributed by atoms with Crippen LogP contribution in [0, 0.1) is 5.92 Å². The number of anilines is 2. The van der Waals surface area contributed by atoms with E-state index in [-0.39, 0.29) is 0 Å². The number of nitrogens with two attached hydrogens (primary N) is 1. The van der Waals surface area contributed by atoms with Crippen LogP contribution in [0.3, 0.4) is 0 Å². The maximum absolute atomic E-state index is 5.72. The van der Waals surface area contributed by atoms with Crippen LogP contribution in [0.15, 0.2) is 0 Å². The van der Waals surface area contributed by atoms with Gasteiger partial charge in [0.25, 0.3) is 0 Å². The van der Waals surface area contributed by atoms with E-state index in [1.54, 1.807) is 0 Å². The Labute approximate surface area is 113 Å².